The van der Waals surface area contributed by atoms with Crippen LogP contribution in [0.2, 0.25) is 10.2 Å². The molecule has 0 bridgehead atoms. The van der Waals surface area contributed by atoms with Crippen LogP contribution in [0.15, 0.2) is 12.1 Å². The molecule has 0 aliphatic heterocycles. The SMILES string of the molecule is CC(C)(C)N(CCC(=O)O)C(=O)c1nc(Cl)ccc1Cl. The Morgan fingerprint density at radius 3 is 2.40 bits per heavy atom. The van der Waals surface area contributed by atoms with Crippen molar-refractivity contribution in [3.8, 4) is 0 Å². The zero-order chi connectivity index (χ0) is 15.5. The van der Waals surface area contributed by atoms with E-state index in [4.69, 9.17) is 28.3 Å². The molecule has 0 saturated carbocycles. The third-order valence-electron chi connectivity index (χ3n) is 2.62. The fraction of sp³-hybridized carbons (Fsp3) is 0.462. The fourth-order valence-corrected chi connectivity index (χ4v) is 1.98. The molecule has 1 N–H and O–H groups in total. The van der Waals surface area contributed by atoms with Gasteiger partial charge in [0.1, 0.15) is 10.8 Å². The molecule has 0 unspecified atom stereocenters. The van der Waals surface area contributed by atoms with Gasteiger partial charge in [-0.15, -0.1) is 0 Å². The second-order valence-electron chi connectivity index (χ2n) is 5.24. The first-order chi connectivity index (χ1) is 9.12. The quantitative estimate of drug-likeness (QED) is 0.866. The summed E-state index contributed by atoms with van der Waals surface area (Å²) in [6, 6.07) is 2.97. The van der Waals surface area contributed by atoms with Gasteiger partial charge in [-0.05, 0) is 32.9 Å². The monoisotopic (exact) mass is 318 g/mol. The van der Waals surface area contributed by atoms with Crippen LogP contribution in [0, 0.1) is 0 Å². The van der Waals surface area contributed by atoms with E-state index in [1.165, 1.54) is 17.0 Å². The van der Waals surface area contributed by atoms with E-state index < -0.39 is 17.4 Å². The number of amides is 1. The van der Waals surface area contributed by atoms with E-state index in [0.29, 0.717) is 0 Å². The maximum absolute atomic E-state index is 12.5. The number of rotatable bonds is 4. The van der Waals surface area contributed by atoms with Crippen molar-refractivity contribution in [3.63, 3.8) is 0 Å². The van der Waals surface area contributed by atoms with Gasteiger partial charge in [0.15, 0.2) is 0 Å². The van der Waals surface area contributed by atoms with E-state index in [2.05, 4.69) is 4.98 Å². The molecule has 0 saturated heterocycles. The zero-order valence-electron chi connectivity index (χ0n) is 11.5. The Hall–Kier alpha value is -1.33. The van der Waals surface area contributed by atoms with Crippen LogP contribution in [0.4, 0.5) is 0 Å². The largest absolute Gasteiger partial charge is 0.481 e. The van der Waals surface area contributed by atoms with Crippen LogP contribution < -0.4 is 0 Å². The molecule has 0 radical (unpaired) electrons. The molecule has 1 heterocycles. The molecule has 0 atom stereocenters. The van der Waals surface area contributed by atoms with Crippen LogP contribution in [-0.4, -0.2) is 39.0 Å². The summed E-state index contributed by atoms with van der Waals surface area (Å²) >= 11 is 11.7. The van der Waals surface area contributed by atoms with Crippen LogP contribution in [0.3, 0.4) is 0 Å². The number of aromatic nitrogens is 1. The zero-order valence-corrected chi connectivity index (χ0v) is 13.0. The molecule has 7 heteroatoms. The molecule has 110 valence electrons. The first kappa shape index (κ1) is 16.7. The minimum Gasteiger partial charge on any atom is -0.481 e. The lowest BCUT2D eigenvalue weighted by Crippen LogP contribution is -2.47. The van der Waals surface area contributed by atoms with Gasteiger partial charge in [-0.3, -0.25) is 9.59 Å². The van der Waals surface area contributed by atoms with E-state index >= 15 is 0 Å². The third-order valence-corrected chi connectivity index (χ3v) is 3.13. The van der Waals surface area contributed by atoms with Crippen LogP contribution in [-0.2, 0) is 4.79 Å². The highest BCUT2D eigenvalue weighted by Crippen LogP contribution is 2.23. The van der Waals surface area contributed by atoms with Gasteiger partial charge in [0.05, 0.1) is 11.4 Å². The van der Waals surface area contributed by atoms with Crippen LogP contribution >= 0.6 is 23.2 Å². The molecule has 0 aliphatic rings. The van der Waals surface area contributed by atoms with Crippen molar-refractivity contribution in [3.05, 3.63) is 28.0 Å². The lowest BCUT2D eigenvalue weighted by Gasteiger charge is -2.35. The van der Waals surface area contributed by atoms with Gasteiger partial charge in [-0.25, -0.2) is 4.98 Å². The Morgan fingerprint density at radius 1 is 1.30 bits per heavy atom. The molecule has 0 aliphatic carbocycles. The number of carboxylic acid groups (broad SMARTS) is 1. The van der Waals surface area contributed by atoms with E-state index in [1.54, 1.807) is 0 Å². The number of aliphatic carboxylic acids is 1. The van der Waals surface area contributed by atoms with Gasteiger partial charge in [0, 0.05) is 12.1 Å². The minimum absolute atomic E-state index is 0.0273. The molecular weight excluding hydrogens is 303 g/mol. The number of carbonyl (C=O) groups excluding carboxylic acids is 1. The maximum atomic E-state index is 12.5. The summed E-state index contributed by atoms with van der Waals surface area (Å²) in [4.78, 5) is 28.6. The summed E-state index contributed by atoms with van der Waals surface area (Å²) in [5.74, 6) is -1.41. The van der Waals surface area contributed by atoms with Gasteiger partial charge in [0.2, 0.25) is 0 Å². The highest BCUT2D eigenvalue weighted by Gasteiger charge is 2.29. The fourth-order valence-electron chi connectivity index (χ4n) is 1.65. The molecular formula is C13H16Cl2N2O3. The highest BCUT2D eigenvalue weighted by atomic mass is 35.5. The Bertz CT molecular complexity index is 527. The first-order valence-corrected chi connectivity index (χ1v) is 6.74. The van der Waals surface area contributed by atoms with Crippen molar-refractivity contribution >= 4 is 35.1 Å². The van der Waals surface area contributed by atoms with Gasteiger partial charge in [-0.2, -0.15) is 0 Å². The predicted molar refractivity (Wildman–Crippen MR) is 77.3 cm³/mol. The van der Waals surface area contributed by atoms with Crippen LogP contribution in [0.25, 0.3) is 0 Å². The smallest absolute Gasteiger partial charge is 0.305 e. The number of pyridine rings is 1. The van der Waals surface area contributed by atoms with Crippen LogP contribution in [0.5, 0.6) is 0 Å². The molecule has 1 aromatic rings. The number of hydrogen-bond donors (Lipinski definition) is 1. The summed E-state index contributed by atoms with van der Waals surface area (Å²) in [5.41, 5.74) is -0.528. The Kier molecular flexibility index (Phi) is 5.36. The maximum Gasteiger partial charge on any atom is 0.305 e. The Balaban J connectivity index is 3.10. The topological polar surface area (TPSA) is 70.5 Å². The Labute approximate surface area is 127 Å². The number of carboxylic acids is 1. The standard InChI is InChI=1S/C13H16Cl2N2O3/c1-13(2,3)17(7-6-10(18)19)12(20)11-8(14)4-5-9(15)16-11/h4-5H,6-7H2,1-3H3,(H,18,19). The summed E-state index contributed by atoms with van der Waals surface area (Å²) in [7, 11) is 0. The van der Waals surface area contributed by atoms with Gasteiger partial charge in [-0.1, -0.05) is 23.2 Å². The number of halogens is 2. The molecule has 1 amide bonds. The van der Waals surface area contributed by atoms with Gasteiger partial charge in [0.25, 0.3) is 5.91 Å². The average Bonchev–Trinajstić information content (AvgIpc) is 2.30. The van der Waals surface area contributed by atoms with Crippen molar-refractivity contribution < 1.29 is 14.7 Å². The average molecular weight is 319 g/mol. The van der Waals surface area contributed by atoms with E-state index in [9.17, 15) is 9.59 Å². The summed E-state index contributed by atoms with van der Waals surface area (Å²) < 4.78 is 0. The molecule has 1 aromatic heterocycles. The third kappa shape index (κ3) is 4.35. The highest BCUT2D eigenvalue weighted by molar-refractivity contribution is 6.34. The normalized spacial score (nSPS) is 11.2. The molecule has 5 nitrogen and oxygen atoms in total. The summed E-state index contributed by atoms with van der Waals surface area (Å²) in [6.45, 7) is 5.50. The van der Waals surface area contributed by atoms with Gasteiger partial charge >= 0.3 is 5.97 Å². The second kappa shape index (κ2) is 6.41. The Morgan fingerprint density at radius 2 is 1.90 bits per heavy atom. The van der Waals surface area contributed by atoms with E-state index in [-0.39, 0.29) is 28.8 Å². The van der Waals surface area contributed by atoms with Crippen molar-refractivity contribution in [2.24, 2.45) is 0 Å². The summed E-state index contributed by atoms with van der Waals surface area (Å²) in [6.07, 6.45) is -0.152. The molecule has 0 spiro atoms. The lowest BCUT2D eigenvalue weighted by atomic mass is 10.0. The number of nitrogens with zero attached hydrogens (tertiary/aromatic N) is 2. The first-order valence-electron chi connectivity index (χ1n) is 5.98. The van der Waals surface area contributed by atoms with Crippen molar-refractivity contribution in [1.82, 2.24) is 9.88 Å². The summed E-state index contributed by atoms with van der Waals surface area (Å²) in [5, 5.41) is 9.12. The van der Waals surface area contributed by atoms with E-state index in [1.807, 2.05) is 20.8 Å². The lowest BCUT2D eigenvalue weighted by molar-refractivity contribution is -0.137. The van der Waals surface area contributed by atoms with Crippen LogP contribution in [0.1, 0.15) is 37.7 Å². The van der Waals surface area contributed by atoms with Crippen molar-refractivity contribution in [2.45, 2.75) is 32.7 Å². The van der Waals surface area contributed by atoms with E-state index in [0.717, 1.165) is 0 Å². The molecule has 1 rings (SSSR count). The second-order valence-corrected chi connectivity index (χ2v) is 6.03. The predicted octanol–water partition coefficient (Wildman–Crippen LogP) is 3.10. The molecule has 20 heavy (non-hydrogen) atoms. The number of carbonyl (C=O) groups is 2. The minimum atomic E-state index is -0.975. The van der Waals surface area contributed by atoms with Crippen molar-refractivity contribution in [1.29, 1.82) is 0 Å². The van der Waals surface area contributed by atoms with Crippen molar-refractivity contribution in [2.75, 3.05) is 6.54 Å². The van der Waals surface area contributed by atoms with Gasteiger partial charge < -0.3 is 10.0 Å². The molecule has 0 fully saturated rings. The molecule has 0 aromatic carbocycles. The number of hydrogen-bond acceptors (Lipinski definition) is 3.